The van der Waals surface area contributed by atoms with E-state index < -0.39 is 5.91 Å². The van der Waals surface area contributed by atoms with Crippen LogP contribution in [-0.4, -0.2) is 10.9 Å². The number of primary amides is 1. The zero-order chi connectivity index (χ0) is 15.7. The first-order valence-corrected chi connectivity index (χ1v) is 7.08. The molecule has 0 fully saturated rings. The van der Waals surface area contributed by atoms with Crippen molar-refractivity contribution in [3.8, 4) is 0 Å². The third kappa shape index (κ3) is 2.39. The van der Waals surface area contributed by atoms with Crippen LogP contribution in [0.1, 0.15) is 21.5 Å². The third-order valence-electron chi connectivity index (χ3n) is 3.91. The number of aryl methyl sites for hydroxylation is 1. The third-order valence-corrected chi connectivity index (χ3v) is 3.91. The normalized spacial score (nSPS) is 10.6. The first-order valence-electron chi connectivity index (χ1n) is 7.08. The number of hydrogen-bond acceptors (Lipinski definition) is 3. The lowest BCUT2D eigenvalue weighted by molar-refractivity contribution is 0.100. The van der Waals surface area contributed by atoms with Gasteiger partial charge in [-0.05, 0) is 37.1 Å². The average Bonchev–Trinajstić information content (AvgIpc) is 2.51. The Balaban J connectivity index is 2.22. The molecule has 1 amide bonds. The lowest BCUT2D eigenvalue weighted by Crippen LogP contribution is -2.14. The molecule has 110 valence electrons. The van der Waals surface area contributed by atoms with E-state index in [2.05, 4.69) is 23.3 Å². The molecule has 0 aliphatic carbocycles. The number of amides is 1. The molecule has 2 aromatic carbocycles. The molecule has 0 saturated carbocycles. The molecule has 3 aromatic rings. The largest absolute Gasteiger partial charge is 0.365 e. The summed E-state index contributed by atoms with van der Waals surface area (Å²) in [6.07, 6.45) is 1.53. The highest BCUT2D eigenvalue weighted by Gasteiger charge is 2.14. The molecule has 0 atom stereocenters. The number of nitrogens with two attached hydrogens (primary N) is 1. The lowest BCUT2D eigenvalue weighted by atomic mass is 10.1. The van der Waals surface area contributed by atoms with Crippen molar-refractivity contribution < 1.29 is 4.79 Å². The molecular weight excluding hydrogens is 274 g/mol. The SMILES string of the molecule is Cc1cccc(Nc2c(C(N)=O)cnc3ccccc23)c1C. The molecule has 0 unspecified atom stereocenters. The van der Waals surface area contributed by atoms with Gasteiger partial charge in [-0.25, -0.2) is 0 Å². The van der Waals surface area contributed by atoms with Crippen molar-refractivity contribution in [1.29, 1.82) is 0 Å². The minimum atomic E-state index is -0.494. The molecular formula is C18H17N3O. The molecule has 3 N–H and O–H groups in total. The highest BCUT2D eigenvalue weighted by Crippen LogP contribution is 2.30. The molecule has 0 aliphatic heterocycles. The number of benzene rings is 2. The molecule has 22 heavy (non-hydrogen) atoms. The molecule has 0 radical (unpaired) electrons. The first-order chi connectivity index (χ1) is 10.6. The molecule has 0 bridgehead atoms. The van der Waals surface area contributed by atoms with Gasteiger partial charge in [-0.2, -0.15) is 0 Å². The van der Waals surface area contributed by atoms with Crippen LogP contribution in [0.25, 0.3) is 10.9 Å². The van der Waals surface area contributed by atoms with E-state index in [4.69, 9.17) is 5.73 Å². The lowest BCUT2D eigenvalue weighted by Gasteiger charge is -2.15. The van der Waals surface area contributed by atoms with E-state index in [9.17, 15) is 4.79 Å². The van der Waals surface area contributed by atoms with Crippen molar-refractivity contribution in [3.05, 3.63) is 65.4 Å². The summed E-state index contributed by atoms with van der Waals surface area (Å²) in [7, 11) is 0. The van der Waals surface area contributed by atoms with E-state index in [1.807, 2.05) is 43.3 Å². The number of aromatic nitrogens is 1. The Hall–Kier alpha value is -2.88. The molecule has 1 heterocycles. The van der Waals surface area contributed by atoms with Gasteiger partial charge in [-0.1, -0.05) is 30.3 Å². The Kier molecular flexibility index (Phi) is 3.51. The molecule has 4 heteroatoms. The van der Waals surface area contributed by atoms with Crippen molar-refractivity contribution in [2.45, 2.75) is 13.8 Å². The van der Waals surface area contributed by atoms with Crippen LogP contribution in [0.2, 0.25) is 0 Å². The van der Waals surface area contributed by atoms with E-state index in [1.54, 1.807) is 0 Å². The molecule has 3 rings (SSSR count). The zero-order valence-electron chi connectivity index (χ0n) is 12.6. The number of nitrogens with zero attached hydrogens (tertiary/aromatic N) is 1. The van der Waals surface area contributed by atoms with Gasteiger partial charge in [0, 0.05) is 17.3 Å². The van der Waals surface area contributed by atoms with Crippen molar-refractivity contribution in [2.24, 2.45) is 5.73 Å². The smallest absolute Gasteiger partial charge is 0.252 e. The average molecular weight is 291 g/mol. The van der Waals surface area contributed by atoms with Gasteiger partial charge in [0.25, 0.3) is 5.91 Å². The van der Waals surface area contributed by atoms with E-state index in [0.29, 0.717) is 11.3 Å². The van der Waals surface area contributed by atoms with Gasteiger partial charge in [0.05, 0.1) is 16.8 Å². The summed E-state index contributed by atoms with van der Waals surface area (Å²) in [4.78, 5) is 16.1. The molecule has 0 spiro atoms. The number of carbonyl (C=O) groups excluding carboxylic acids is 1. The molecule has 1 aromatic heterocycles. The first kappa shape index (κ1) is 14.1. The number of anilines is 2. The number of hydrogen-bond donors (Lipinski definition) is 2. The Bertz CT molecular complexity index is 871. The Labute approximate surface area is 129 Å². The zero-order valence-corrected chi connectivity index (χ0v) is 12.6. The Morgan fingerprint density at radius 3 is 2.64 bits per heavy atom. The molecule has 0 aliphatic rings. The topological polar surface area (TPSA) is 68.0 Å². The van der Waals surface area contributed by atoms with Gasteiger partial charge in [0.2, 0.25) is 0 Å². The summed E-state index contributed by atoms with van der Waals surface area (Å²) in [6, 6.07) is 13.7. The highest BCUT2D eigenvalue weighted by atomic mass is 16.1. The number of fused-ring (bicyclic) bond motifs is 1. The van der Waals surface area contributed by atoms with Gasteiger partial charge in [0.15, 0.2) is 0 Å². The molecule has 0 saturated heterocycles. The Morgan fingerprint density at radius 1 is 1.09 bits per heavy atom. The quantitative estimate of drug-likeness (QED) is 0.773. The Morgan fingerprint density at radius 2 is 1.86 bits per heavy atom. The summed E-state index contributed by atoms with van der Waals surface area (Å²) in [5.74, 6) is -0.494. The summed E-state index contributed by atoms with van der Waals surface area (Å²) in [5, 5.41) is 4.24. The van der Waals surface area contributed by atoms with Crippen LogP contribution < -0.4 is 11.1 Å². The number of rotatable bonds is 3. The fourth-order valence-electron chi connectivity index (χ4n) is 2.48. The maximum absolute atomic E-state index is 11.7. The van der Waals surface area contributed by atoms with Gasteiger partial charge in [-0.3, -0.25) is 9.78 Å². The van der Waals surface area contributed by atoms with E-state index >= 15 is 0 Å². The second kappa shape index (κ2) is 5.48. The van der Waals surface area contributed by atoms with Crippen LogP contribution in [0, 0.1) is 13.8 Å². The second-order valence-electron chi connectivity index (χ2n) is 5.30. The number of pyridine rings is 1. The van der Waals surface area contributed by atoms with E-state index in [0.717, 1.165) is 22.2 Å². The van der Waals surface area contributed by atoms with Crippen LogP contribution in [0.5, 0.6) is 0 Å². The van der Waals surface area contributed by atoms with E-state index in [1.165, 1.54) is 11.8 Å². The minimum Gasteiger partial charge on any atom is -0.365 e. The summed E-state index contributed by atoms with van der Waals surface area (Å²) < 4.78 is 0. The van der Waals surface area contributed by atoms with Crippen LogP contribution >= 0.6 is 0 Å². The van der Waals surface area contributed by atoms with Crippen LogP contribution in [0.3, 0.4) is 0 Å². The maximum Gasteiger partial charge on any atom is 0.252 e. The van der Waals surface area contributed by atoms with Crippen molar-refractivity contribution in [2.75, 3.05) is 5.32 Å². The van der Waals surface area contributed by atoms with Gasteiger partial charge >= 0.3 is 0 Å². The summed E-state index contributed by atoms with van der Waals surface area (Å²) in [5.41, 5.74) is 10.7. The maximum atomic E-state index is 11.7. The number of nitrogens with one attached hydrogen (secondary N) is 1. The predicted molar refractivity (Wildman–Crippen MR) is 89.5 cm³/mol. The van der Waals surface area contributed by atoms with Gasteiger partial charge < -0.3 is 11.1 Å². The summed E-state index contributed by atoms with van der Waals surface area (Å²) >= 11 is 0. The predicted octanol–water partition coefficient (Wildman–Crippen LogP) is 3.69. The van der Waals surface area contributed by atoms with Crippen molar-refractivity contribution >= 4 is 28.2 Å². The van der Waals surface area contributed by atoms with Crippen molar-refractivity contribution in [3.63, 3.8) is 0 Å². The van der Waals surface area contributed by atoms with Crippen LogP contribution in [0.4, 0.5) is 11.4 Å². The van der Waals surface area contributed by atoms with E-state index in [-0.39, 0.29) is 0 Å². The van der Waals surface area contributed by atoms with Gasteiger partial charge in [0.1, 0.15) is 0 Å². The fourth-order valence-corrected chi connectivity index (χ4v) is 2.48. The highest BCUT2D eigenvalue weighted by molar-refractivity contribution is 6.07. The van der Waals surface area contributed by atoms with Crippen LogP contribution in [0.15, 0.2) is 48.7 Å². The fraction of sp³-hybridized carbons (Fsp3) is 0.111. The number of para-hydroxylation sites is 1. The molecule has 4 nitrogen and oxygen atoms in total. The second-order valence-corrected chi connectivity index (χ2v) is 5.30. The number of carbonyl (C=O) groups is 1. The monoisotopic (exact) mass is 291 g/mol. The van der Waals surface area contributed by atoms with Crippen LogP contribution in [-0.2, 0) is 0 Å². The standard InChI is InChI=1S/C18H17N3O/c1-11-6-5-9-15(12(11)2)21-17-13-7-3-4-8-16(13)20-10-14(17)18(19)22/h3-10H,1-2H3,(H2,19,22)(H,20,21). The van der Waals surface area contributed by atoms with Gasteiger partial charge in [-0.15, -0.1) is 0 Å². The summed E-state index contributed by atoms with van der Waals surface area (Å²) in [6.45, 7) is 4.10. The minimum absolute atomic E-state index is 0.389. The van der Waals surface area contributed by atoms with Crippen molar-refractivity contribution in [1.82, 2.24) is 4.98 Å².